The average Bonchev–Trinajstić information content (AvgIpc) is 2.01. The van der Waals surface area contributed by atoms with Crippen molar-refractivity contribution in [2.24, 2.45) is 5.73 Å². The molecule has 0 aliphatic rings. The summed E-state index contributed by atoms with van der Waals surface area (Å²) in [6.07, 6.45) is -4.49. The highest BCUT2D eigenvalue weighted by atomic mass is 35.5. The monoisotopic (exact) mass is 277 g/mol. The smallest absolute Gasteiger partial charge is 0.399 e. The number of pyridine rings is 1. The van der Waals surface area contributed by atoms with E-state index in [1.165, 1.54) is 6.07 Å². The van der Waals surface area contributed by atoms with E-state index in [4.69, 9.17) is 11.5 Å². The van der Waals surface area contributed by atoms with Crippen molar-refractivity contribution in [2.45, 2.75) is 19.1 Å². The van der Waals surface area contributed by atoms with Crippen molar-refractivity contribution in [3.05, 3.63) is 23.5 Å². The largest absolute Gasteiger partial charge is 0.433 e. The number of halogens is 5. The van der Waals surface area contributed by atoms with Crippen molar-refractivity contribution in [1.82, 2.24) is 4.98 Å². The molecule has 0 unspecified atom stereocenters. The molecule has 8 heteroatoms. The van der Waals surface area contributed by atoms with E-state index < -0.39 is 17.9 Å². The zero-order valence-electron chi connectivity index (χ0n) is 8.28. The summed E-state index contributed by atoms with van der Waals surface area (Å²) < 4.78 is 36.8. The normalized spacial score (nSPS) is 12.3. The SMILES string of the molecule is C[C@@H](N)c1cc(N)cc(C(F)(F)F)n1.Cl.Cl. The van der Waals surface area contributed by atoms with Crippen molar-refractivity contribution in [2.75, 3.05) is 5.73 Å². The first-order valence-electron chi connectivity index (χ1n) is 3.91. The molecule has 0 aliphatic heterocycles. The van der Waals surface area contributed by atoms with E-state index in [1.807, 2.05) is 0 Å². The zero-order chi connectivity index (χ0) is 10.9. The van der Waals surface area contributed by atoms with E-state index in [0.29, 0.717) is 0 Å². The lowest BCUT2D eigenvalue weighted by molar-refractivity contribution is -0.141. The number of anilines is 1. The Morgan fingerprint density at radius 2 is 1.75 bits per heavy atom. The highest BCUT2D eigenvalue weighted by Crippen LogP contribution is 2.29. The Kier molecular flexibility index (Phi) is 6.76. The summed E-state index contributed by atoms with van der Waals surface area (Å²) in [6.45, 7) is 1.54. The molecule has 0 saturated heterocycles. The number of hydrogen-bond donors (Lipinski definition) is 2. The third kappa shape index (κ3) is 4.42. The quantitative estimate of drug-likeness (QED) is 0.829. The number of hydrogen-bond acceptors (Lipinski definition) is 3. The molecule has 1 aromatic rings. The standard InChI is InChI=1S/C8H10F3N3.2ClH/c1-4(12)6-2-5(13)3-7(14-6)8(9,10)11;;/h2-4H,12H2,1H3,(H2,13,14);2*1H/t4-;;/m1../s1. The first-order valence-corrected chi connectivity index (χ1v) is 3.91. The Bertz CT molecular complexity index is 342. The van der Waals surface area contributed by atoms with E-state index in [0.717, 1.165) is 6.07 Å². The van der Waals surface area contributed by atoms with Gasteiger partial charge in [0.25, 0.3) is 0 Å². The summed E-state index contributed by atoms with van der Waals surface area (Å²) >= 11 is 0. The van der Waals surface area contributed by atoms with Crippen LogP contribution in [0.2, 0.25) is 0 Å². The highest BCUT2D eigenvalue weighted by molar-refractivity contribution is 5.85. The Balaban J connectivity index is 0. The first-order chi connectivity index (χ1) is 6.30. The van der Waals surface area contributed by atoms with Crippen molar-refractivity contribution >= 4 is 30.5 Å². The Labute approximate surface area is 103 Å². The van der Waals surface area contributed by atoms with Crippen LogP contribution in [0.4, 0.5) is 18.9 Å². The van der Waals surface area contributed by atoms with Crippen LogP contribution in [-0.2, 0) is 6.18 Å². The predicted octanol–water partition coefficient (Wildman–Crippen LogP) is 2.55. The van der Waals surface area contributed by atoms with Gasteiger partial charge in [-0.05, 0) is 19.1 Å². The molecule has 4 N–H and O–H groups in total. The van der Waals surface area contributed by atoms with Crippen LogP contribution in [0, 0.1) is 0 Å². The summed E-state index contributed by atoms with van der Waals surface area (Å²) in [4.78, 5) is 3.37. The molecule has 1 aromatic heterocycles. The van der Waals surface area contributed by atoms with Gasteiger partial charge in [-0.1, -0.05) is 0 Å². The molecule has 0 aromatic carbocycles. The zero-order valence-corrected chi connectivity index (χ0v) is 9.92. The second-order valence-electron chi connectivity index (χ2n) is 3.00. The number of rotatable bonds is 1. The second kappa shape index (κ2) is 6.12. The molecule has 3 nitrogen and oxygen atoms in total. The van der Waals surface area contributed by atoms with Crippen LogP contribution in [0.15, 0.2) is 12.1 Å². The molecule has 0 radical (unpaired) electrons. The number of aromatic nitrogens is 1. The summed E-state index contributed by atoms with van der Waals surface area (Å²) in [5.74, 6) is 0. The van der Waals surface area contributed by atoms with Crippen LogP contribution in [-0.4, -0.2) is 4.98 Å². The van der Waals surface area contributed by atoms with Crippen molar-refractivity contribution in [1.29, 1.82) is 0 Å². The van der Waals surface area contributed by atoms with Gasteiger partial charge in [0, 0.05) is 11.7 Å². The van der Waals surface area contributed by atoms with Crippen LogP contribution in [0.1, 0.15) is 24.4 Å². The molecular formula is C8H12Cl2F3N3. The van der Waals surface area contributed by atoms with Gasteiger partial charge in [-0.25, -0.2) is 4.98 Å². The van der Waals surface area contributed by atoms with Crippen LogP contribution in [0.5, 0.6) is 0 Å². The first kappa shape index (κ1) is 17.7. The lowest BCUT2D eigenvalue weighted by atomic mass is 10.2. The average molecular weight is 278 g/mol. The minimum Gasteiger partial charge on any atom is -0.399 e. The van der Waals surface area contributed by atoms with Crippen molar-refractivity contribution in [3.63, 3.8) is 0 Å². The molecule has 0 amide bonds. The molecule has 0 bridgehead atoms. The number of nitrogens with two attached hydrogens (primary N) is 2. The Morgan fingerprint density at radius 1 is 1.25 bits per heavy atom. The third-order valence-electron chi connectivity index (χ3n) is 1.62. The molecule has 0 saturated carbocycles. The van der Waals surface area contributed by atoms with Crippen LogP contribution >= 0.6 is 24.8 Å². The predicted molar refractivity (Wildman–Crippen MR) is 60.7 cm³/mol. The fourth-order valence-electron chi connectivity index (χ4n) is 0.952. The lowest BCUT2D eigenvalue weighted by Crippen LogP contribution is -2.14. The maximum atomic E-state index is 12.3. The van der Waals surface area contributed by atoms with Crippen LogP contribution in [0.3, 0.4) is 0 Å². The van der Waals surface area contributed by atoms with E-state index in [1.54, 1.807) is 6.92 Å². The highest BCUT2D eigenvalue weighted by Gasteiger charge is 2.33. The van der Waals surface area contributed by atoms with Gasteiger partial charge < -0.3 is 11.5 Å². The van der Waals surface area contributed by atoms with Crippen LogP contribution < -0.4 is 11.5 Å². The Hall–Kier alpha value is -0.720. The summed E-state index contributed by atoms with van der Waals surface area (Å²) in [5, 5.41) is 0. The van der Waals surface area contributed by atoms with Gasteiger partial charge in [-0.2, -0.15) is 13.2 Å². The summed E-state index contributed by atoms with van der Waals surface area (Å²) in [5.41, 5.74) is 9.85. The molecule has 0 fully saturated rings. The maximum absolute atomic E-state index is 12.3. The number of alkyl halides is 3. The van der Waals surface area contributed by atoms with E-state index in [2.05, 4.69) is 4.98 Å². The van der Waals surface area contributed by atoms with E-state index in [-0.39, 0.29) is 36.2 Å². The topological polar surface area (TPSA) is 64.9 Å². The van der Waals surface area contributed by atoms with Crippen LogP contribution in [0.25, 0.3) is 0 Å². The molecule has 94 valence electrons. The van der Waals surface area contributed by atoms with Crippen molar-refractivity contribution < 1.29 is 13.2 Å². The third-order valence-corrected chi connectivity index (χ3v) is 1.62. The second-order valence-corrected chi connectivity index (χ2v) is 3.00. The molecule has 1 atom stereocenters. The minimum atomic E-state index is -4.49. The minimum absolute atomic E-state index is 0. The molecule has 0 aliphatic carbocycles. The molecule has 1 rings (SSSR count). The summed E-state index contributed by atoms with van der Waals surface area (Å²) in [6, 6.07) is 1.55. The number of nitrogen functional groups attached to an aromatic ring is 1. The number of nitrogens with zero attached hydrogens (tertiary/aromatic N) is 1. The van der Waals surface area contributed by atoms with Gasteiger partial charge in [0.05, 0.1) is 5.69 Å². The van der Waals surface area contributed by atoms with E-state index in [9.17, 15) is 13.2 Å². The molecule has 16 heavy (non-hydrogen) atoms. The fourth-order valence-corrected chi connectivity index (χ4v) is 0.952. The fraction of sp³-hybridized carbons (Fsp3) is 0.375. The summed E-state index contributed by atoms with van der Waals surface area (Å²) in [7, 11) is 0. The van der Waals surface area contributed by atoms with Gasteiger partial charge >= 0.3 is 6.18 Å². The Morgan fingerprint density at radius 3 is 2.12 bits per heavy atom. The molecule has 1 heterocycles. The maximum Gasteiger partial charge on any atom is 0.433 e. The molecular weight excluding hydrogens is 266 g/mol. The van der Waals surface area contributed by atoms with E-state index >= 15 is 0 Å². The molecule has 0 spiro atoms. The lowest BCUT2D eigenvalue weighted by Gasteiger charge is -2.11. The van der Waals surface area contributed by atoms with Gasteiger partial charge in [-0.3, -0.25) is 0 Å². The van der Waals surface area contributed by atoms with Gasteiger partial charge in [0.1, 0.15) is 5.69 Å². The van der Waals surface area contributed by atoms with Gasteiger partial charge in [0.2, 0.25) is 0 Å². The van der Waals surface area contributed by atoms with Gasteiger partial charge in [-0.15, -0.1) is 24.8 Å². The van der Waals surface area contributed by atoms with Crippen molar-refractivity contribution in [3.8, 4) is 0 Å². The van der Waals surface area contributed by atoms with Gasteiger partial charge in [0.15, 0.2) is 0 Å².